The highest BCUT2D eigenvalue weighted by atomic mass is 19.4. The van der Waals surface area contributed by atoms with Gasteiger partial charge in [0.2, 0.25) is 0 Å². The molecule has 2 atom stereocenters. The quantitative estimate of drug-likeness (QED) is 0.849. The minimum Gasteiger partial charge on any atom is -0.370 e. The third-order valence-electron chi connectivity index (χ3n) is 3.55. The summed E-state index contributed by atoms with van der Waals surface area (Å²) in [4.78, 5) is 13.7. The summed E-state index contributed by atoms with van der Waals surface area (Å²) < 4.78 is 40.1. The smallest absolute Gasteiger partial charge is 0.370 e. The van der Waals surface area contributed by atoms with Crippen molar-refractivity contribution in [2.45, 2.75) is 19.1 Å². The first-order chi connectivity index (χ1) is 10.4. The number of carbonyl (C=O) groups excluding carboxylic acids is 1. The van der Waals surface area contributed by atoms with Crippen LogP contribution in [0.1, 0.15) is 18.5 Å². The number of alkyl halides is 3. The van der Waals surface area contributed by atoms with Crippen molar-refractivity contribution in [2.75, 3.05) is 26.3 Å². The molecular weight excluding hydrogens is 297 g/mol. The van der Waals surface area contributed by atoms with Crippen molar-refractivity contribution in [1.29, 1.82) is 0 Å². The fraction of sp³-hybridized carbons (Fsp3) is 0.533. The predicted octanol–water partition coefficient (Wildman–Crippen LogP) is 2.97. The van der Waals surface area contributed by atoms with Gasteiger partial charge in [0, 0.05) is 13.1 Å². The van der Waals surface area contributed by atoms with Gasteiger partial charge in [0.05, 0.1) is 12.6 Å². The molecule has 7 heteroatoms. The van der Waals surface area contributed by atoms with Gasteiger partial charge in [-0.3, -0.25) is 0 Å². The highest BCUT2D eigenvalue weighted by Gasteiger charge is 2.39. The molecule has 0 spiro atoms. The molecule has 1 aliphatic rings. The number of nitrogens with one attached hydrogen (secondary N) is 1. The average Bonchev–Trinajstić information content (AvgIpc) is 2.44. The van der Waals surface area contributed by atoms with E-state index in [4.69, 9.17) is 0 Å². The van der Waals surface area contributed by atoms with Crippen molar-refractivity contribution in [2.24, 2.45) is 5.92 Å². The monoisotopic (exact) mass is 316 g/mol. The second-order valence-electron chi connectivity index (χ2n) is 5.38. The predicted molar refractivity (Wildman–Crippen MR) is 75.3 cm³/mol. The number of rotatable bonds is 5. The largest absolute Gasteiger partial charge is 0.411 e. The maximum atomic E-state index is 12.1. The van der Waals surface area contributed by atoms with E-state index in [0.29, 0.717) is 12.5 Å². The second kappa shape index (κ2) is 7.00. The molecule has 0 aromatic heterocycles. The van der Waals surface area contributed by atoms with E-state index in [1.54, 1.807) is 4.90 Å². The molecule has 1 aromatic carbocycles. The number of halogens is 3. The first-order valence-electron chi connectivity index (χ1n) is 7.12. The summed E-state index contributed by atoms with van der Waals surface area (Å²) in [6.07, 6.45) is -4.34. The molecule has 0 unspecified atom stereocenters. The number of benzene rings is 1. The summed E-state index contributed by atoms with van der Waals surface area (Å²) in [6, 6.07) is 9.41. The highest BCUT2D eigenvalue weighted by molar-refractivity contribution is 5.75. The zero-order valence-electron chi connectivity index (χ0n) is 12.3. The fourth-order valence-corrected chi connectivity index (χ4v) is 2.58. The maximum absolute atomic E-state index is 12.1. The Morgan fingerprint density at radius 1 is 1.36 bits per heavy atom. The van der Waals surface area contributed by atoms with Crippen LogP contribution in [0.25, 0.3) is 0 Å². The summed E-state index contributed by atoms with van der Waals surface area (Å²) in [5.41, 5.74) is 1.06. The van der Waals surface area contributed by atoms with Gasteiger partial charge in [-0.15, -0.1) is 0 Å². The molecule has 1 heterocycles. The topological polar surface area (TPSA) is 41.6 Å². The number of ether oxygens (including phenoxy) is 1. The number of hydrogen-bond acceptors (Lipinski definition) is 2. The Bertz CT molecular complexity index is 493. The van der Waals surface area contributed by atoms with Crippen molar-refractivity contribution in [3.63, 3.8) is 0 Å². The van der Waals surface area contributed by atoms with E-state index in [2.05, 4.69) is 17.0 Å². The van der Waals surface area contributed by atoms with Gasteiger partial charge in [-0.05, 0) is 11.5 Å². The average molecular weight is 316 g/mol. The Labute approximate surface area is 127 Å². The van der Waals surface area contributed by atoms with Crippen LogP contribution in [-0.4, -0.2) is 43.4 Å². The zero-order chi connectivity index (χ0) is 16.2. The van der Waals surface area contributed by atoms with Crippen LogP contribution in [-0.2, 0) is 4.74 Å². The van der Waals surface area contributed by atoms with Gasteiger partial charge in [0.25, 0.3) is 0 Å². The molecule has 0 radical (unpaired) electrons. The molecular formula is C15H19F3N2O2. The fourth-order valence-electron chi connectivity index (χ4n) is 2.58. The lowest BCUT2D eigenvalue weighted by Crippen LogP contribution is -2.55. The number of likely N-dealkylation sites (tertiary alicyclic amines) is 1. The van der Waals surface area contributed by atoms with Gasteiger partial charge in [-0.2, -0.15) is 13.2 Å². The number of amides is 2. The van der Waals surface area contributed by atoms with E-state index in [1.807, 2.05) is 30.3 Å². The number of carbonyl (C=O) groups is 1. The summed E-state index contributed by atoms with van der Waals surface area (Å²) in [7, 11) is 0. The molecule has 1 fully saturated rings. The minimum absolute atomic E-state index is 0.0114. The van der Waals surface area contributed by atoms with E-state index in [0.717, 1.165) is 5.56 Å². The van der Waals surface area contributed by atoms with Crippen molar-refractivity contribution < 1.29 is 22.7 Å². The van der Waals surface area contributed by atoms with Gasteiger partial charge in [-0.1, -0.05) is 37.3 Å². The first-order valence-corrected chi connectivity index (χ1v) is 7.12. The summed E-state index contributed by atoms with van der Waals surface area (Å²) >= 11 is 0. The van der Waals surface area contributed by atoms with Crippen molar-refractivity contribution in [3.05, 3.63) is 35.9 Å². The lowest BCUT2D eigenvalue weighted by Gasteiger charge is -2.46. The minimum atomic E-state index is -4.34. The van der Waals surface area contributed by atoms with E-state index < -0.39 is 12.8 Å². The lowest BCUT2D eigenvalue weighted by atomic mass is 9.85. The van der Waals surface area contributed by atoms with E-state index in [9.17, 15) is 18.0 Å². The maximum Gasteiger partial charge on any atom is 0.411 e. The van der Waals surface area contributed by atoms with E-state index in [1.165, 1.54) is 0 Å². The normalized spacial score (nSPS) is 21.4. The number of hydrogen-bond donors (Lipinski definition) is 1. The molecule has 2 amide bonds. The van der Waals surface area contributed by atoms with Gasteiger partial charge in [0.1, 0.15) is 6.61 Å². The number of nitrogens with zero attached hydrogens (tertiary/aromatic N) is 1. The summed E-state index contributed by atoms with van der Waals surface area (Å²) in [5, 5.41) is 2.59. The molecule has 22 heavy (non-hydrogen) atoms. The van der Waals surface area contributed by atoms with E-state index in [-0.39, 0.29) is 25.2 Å². The van der Waals surface area contributed by atoms with Crippen LogP contribution >= 0.6 is 0 Å². The Hall–Kier alpha value is -1.76. The van der Waals surface area contributed by atoms with Crippen LogP contribution in [0.3, 0.4) is 0 Å². The van der Waals surface area contributed by atoms with Gasteiger partial charge in [-0.25, -0.2) is 4.79 Å². The van der Waals surface area contributed by atoms with E-state index >= 15 is 0 Å². The molecule has 1 N–H and O–H groups in total. The van der Waals surface area contributed by atoms with Crippen LogP contribution in [0.2, 0.25) is 0 Å². The molecule has 2 rings (SSSR count). The van der Waals surface area contributed by atoms with Crippen LogP contribution in [0.4, 0.5) is 18.0 Å². The zero-order valence-corrected chi connectivity index (χ0v) is 12.3. The van der Waals surface area contributed by atoms with Crippen LogP contribution in [0, 0.1) is 5.92 Å². The van der Waals surface area contributed by atoms with Crippen LogP contribution in [0.5, 0.6) is 0 Å². The van der Waals surface area contributed by atoms with Crippen LogP contribution < -0.4 is 5.32 Å². The molecule has 4 nitrogen and oxygen atoms in total. The van der Waals surface area contributed by atoms with Gasteiger partial charge < -0.3 is 15.0 Å². The Morgan fingerprint density at radius 2 is 2.05 bits per heavy atom. The Kier molecular flexibility index (Phi) is 5.28. The Morgan fingerprint density at radius 3 is 2.64 bits per heavy atom. The lowest BCUT2D eigenvalue weighted by molar-refractivity contribution is -0.173. The van der Waals surface area contributed by atoms with Crippen molar-refractivity contribution in [1.82, 2.24) is 10.2 Å². The highest BCUT2D eigenvalue weighted by Crippen LogP contribution is 2.38. The molecule has 0 saturated carbocycles. The second-order valence-corrected chi connectivity index (χ2v) is 5.38. The number of urea groups is 1. The molecule has 1 saturated heterocycles. The molecule has 0 bridgehead atoms. The molecule has 0 aliphatic carbocycles. The summed E-state index contributed by atoms with van der Waals surface area (Å²) in [6.45, 7) is 1.30. The van der Waals surface area contributed by atoms with Gasteiger partial charge in [0.15, 0.2) is 0 Å². The third kappa shape index (κ3) is 4.37. The SMILES string of the molecule is C[C@@H]1CN(C(=O)NCCOCC(F)(F)F)[C@@H]1c1ccccc1. The van der Waals surface area contributed by atoms with Crippen molar-refractivity contribution in [3.8, 4) is 0 Å². The summed E-state index contributed by atoms with van der Waals surface area (Å²) in [5.74, 6) is 0.356. The Balaban J connectivity index is 1.76. The third-order valence-corrected chi connectivity index (χ3v) is 3.55. The first kappa shape index (κ1) is 16.6. The van der Waals surface area contributed by atoms with Crippen molar-refractivity contribution >= 4 is 6.03 Å². The molecule has 1 aromatic rings. The van der Waals surface area contributed by atoms with Gasteiger partial charge >= 0.3 is 12.2 Å². The standard InChI is InChI=1S/C15H19F3N2O2/c1-11-9-20(13(11)12-5-3-2-4-6-12)14(21)19-7-8-22-10-15(16,17)18/h2-6,11,13H,7-10H2,1H3,(H,19,21)/t11-,13+/m1/s1. The van der Waals surface area contributed by atoms with Crippen LogP contribution in [0.15, 0.2) is 30.3 Å². The molecule has 122 valence electrons. The molecule has 1 aliphatic heterocycles.